The number of allylic oxidation sites excluding steroid dienone is 2. The van der Waals surface area contributed by atoms with E-state index in [1.807, 2.05) is 62.1 Å². The second-order valence-electron chi connectivity index (χ2n) is 6.26. The first-order chi connectivity index (χ1) is 15.1. The summed E-state index contributed by atoms with van der Waals surface area (Å²) in [7, 11) is 3.20. The van der Waals surface area contributed by atoms with Gasteiger partial charge in [0.2, 0.25) is 0 Å². The van der Waals surface area contributed by atoms with Gasteiger partial charge in [-0.2, -0.15) is 0 Å². The van der Waals surface area contributed by atoms with Crippen LogP contribution in [0.25, 0.3) is 16.6 Å². The summed E-state index contributed by atoms with van der Waals surface area (Å²) in [5, 5.41) is 17.2. The van der Waals surface area contributed by atoms with Gasteiger partial charge < -0.3 is 24.9 Å². The minimum atomic E-state index is -0.0280. The summed E-state index contributed by atoms with van der Waals surface area (Å²) < 4.78 is 10.8. The molecule has 0 fully saturated rings. The Labute approximate surface area is 183 Å². The molecular formula is C24H30N4O3. The van der Waals surface area contributed by atoms with Gasteiger partial charge in [-0.15, -0.1) is 0 Å². The average Bonchev–Trinajstić information content (AvgIpc) is 2.83. The van der Waals surface area contributed by atoms with Gasteiger partial charge in [0.1, 0.15) is 11.5 Å². The minimum absolute atomic E-state index is 0.0280. The maximum Gasteiger partial charge on any atom is 0.124 e. The highest BCUT2D eigenvalue weighted by Gasteiger charge is 2.14. The van der Waals surface area contributed by atoms with Gasteiger partial charge in [0.15, 0.2) is 0 Å². The van der Waals surface area contributed by atoms with Crippen LogP contribution in [0.5, 0.6) is 11.5 Å². The van der Waals surface area contributed by atoms with Gasteiger partial charge in [-0.1, -0.05) is 19.9 Å². The second kappa shape index (κ2) is 11.7. The Morgan fingerprint density at radius 1 is 1.03 bits per heavy atom. The molecule has 31 heavy (non-hydrogen) atoms. The Kier molecular flexibility index (Phi) is 8.96. The molecule has 7 heteroatoms. The molecule has 0 unspecified atom stereocenters. The Morgan fingerprint density at radius 3 is 2.26 bits per heavy atom. The standard InChI is InChI=1S/C22H24N4O3.C2H6/c1-4-15(13-23)22-14-24-20-6-5-16(11-21(20)25-22)26(7-8-27)17-9-18(28-2)12-19(10-17)29-3;1-2/h4-6,9-14,23,27H,7-8H2,1-3H3;1-2H3/b15-4+,23-13?;. The Hall–Kier alpha value is -3.45. The lowest BCUT2D eigenvalue weighted by atomic mass is 10.1. The Morgan fingerprint density at radius 2 is 1.71 bits per heavy atom. The zero-order chi connectivity index (χ0) is 22.8. The van der Waals surface area contributed by atoms with Crippen LogP contribution in [0.2, 0.25) is 0 Å². The number of rotatable bonds is 8. The molecule has 3 aromatic rings. The highest BCUT2D eigenvalue weighted by atomic mass is 16.5. The Balaban J connectivity index is 0.00000166. The van der Waals surface area contributed by atoms with Crippen LogP contribution in [0.4, 0.5) is 11.4 Å². The highest BCUT2D eigenvalue weighted by Crippen LogP contribution is 2.33. The van der Waals surface area contributed by atoms with Crippen LogP contribution in [-0.2, 0) is 0 Å². The normalized spacial score (nSPS) is 10.8. The van der Waals surface area contributed by atoms with E-state index in [2.05, 4.69) is 9.97 Å². The molecule has 0 aliphatic carbocycles. The number of anilines is 2. The zero-order valence-corrected chi connectivity index (χ0v) is 18.7. The second-order valence-corrected chi connectivity index (χ2v) is 6.26. The lowest BCUT2D eigenvalue weighted by Gasteiger charge is -2.25. The maximum atomic E-state index is 9.64. The fourth-order valence-electron chi connectivity index (χ4n) is 3.07. The van der Waals surface area contributed by atoms with Gasteiger partial charge >= 0.3 is 0 Å². The predicted octanol–water partition coefficient (Wildman–Crippen LogP) is 4.86. The van der Waals surface area contributed by atoms with Crippen LogP contribution in [0, 0.1) is 5.41 Å². The van der Waals surface area contributed by atoms with E-state index in [-0.39, 0.29) is 6.61 Å². The molecule has 7 nitrogen and oxygen atoms in total. The number of benzene rings is 2. The van der Waals surface area contributed by atoms with Gasteiger partial charge in [-0.05, 0) is 25.1 Å². The number of hydrogen-bond acceptors (Lipinski definition) is 7. The molecule has 0 bridgehead atoms. The fraction of sp³-hybridized carbons (Fsp3) is 0.292. The van der Waals surface area contributed by atoms with Gasteiger partial charge in [0.05, 0.1) is 43.8 Å². The van der Waals surface area contributed by atoms with Crippen LogP contribution in [0.15, 0.2) is 48.7 Å². The summed E-state index contributed by atoms with van der Waals surface area (Å²) in [5.41, 5.74) is 4.49. The minimum Gasteiger partial charge on any atom is -0.497 e. The van der Waals surface area contributed by atoms with Crippen molar-refractivity contribution in [3.05, 3.63) is 54.4 Å². The largest absolute Gasteiger partial charge is 0.497 e. The van der Waals surface area contributed by atoms with Gasteiger partial charge in [0.25, 0.3) is 0 Å². The van der Waals surface area contributed by atoms with E-state index in [1.54, 1.807) is 26.5 Å². The first kappa shape index (κ1) is 23.8. The number of nitrogens with zero attached hydrogens (tertiary/aromatic N) is 3. The van der Waals surface area contributed by atoms with E-state index in [0.29, 0.717) is 34.8 Å². The van der Waals surface area contributed by atoms with Crippen LogP contribution < -0.4 is 14.4 Å². The van der Waals surface area contributed by atoms with Crippen molar-refractivity contribution in [2.24, 2.45) is 0 Å². The summed E-state index contributed by atoms with van der Waals surface area (Å²) in [6.07, 6.45) is 4.76. The smallest absolute Gasteiger partial charge is 0.124 e. The van der Waals surface area contributed by atoms with E-state index >= 15 is 0 Å². The topological polar surface area (TPSA) is 91.6 Å². The van der Waals surface area contributed by atoms with Crippen LogP contribution in [0.3, 0.4) is 0 Å². The number of aliphatic hydroxyl groups excluding tert-OH is 1. The van der Waals surface area contributed by atoms with E-state index in [1.165, 1.54) is 6.21 Å². The summed E-state index contributed by atoms with van der Waals surface area (Å²) in [6, 6.07) is 11.3. The molecule has 164 valence electrons. The highest BCUT2D eigenvalue weighted by molar-refractivity contribution is 6.07. The molecule has 0 saturated heterocycles. The van der Waals surface area contributed by atoms with Crippen molar-refractivity contribution < 1.29 is 14.6 Å². The van der Waals surface area contributed by atoms with Crippen molar-refractivity contribution in [1.82, 2.24) is 9.97 Å². The number of methoxy groups -OCH3 is 2. The molecular weight excluding hydrogens is 392 g/mol. The average molecular weight is 423 g/mol. The zero-order valence-electron chi connectivity index (χ0n) is 18.7. The third-order valence-corrected chi connectivity index (χ3v) is 4.57. The number of aromatic nitrogens is 2. The Bertz CT molecular complexity index is 1030. The number of fused-ring (bicyclic) bond motifs is 1. The van der Waals surface area contributed by atoms with Crippen molar-refractivity contribution in [2.45, 2.75) is 20.8 Å². The third kappa shape index (κ3) is 5.58. The molecule has 0 saturated carbocycles. The van der Waals surface area contributed by atoms with E-state index in [9.17, 15) is 5.11 Å². The van der Waals surface area contributed by atoms with E-state index in [0.717, 1.165) is 16.9 Å². The number of hydrogen-bond donors (Lipinski definition) is 2. The van der Waals surface area contributed by atoms with E-state index in [4.69, 9.17) is 14.9 Å². The molecule has 1 aromatic heterocycles. The maximum absolute atomic E-state index is 9.64. The molecule has 2 aromatic carbocycles. The monoisotopic (exact) mass is 422 g/mol. The molecule has 0 spiro atoms. The number of aliphatic hydroxyl groups is 1. The molecule has 2 N–H and O–H groups in total. The van der Waals surface area contributed by atoms with Gasteiger partial charge in [-0.3, -0.25) is 4.98 Å². The molecule has 0 amide bonds. The van der Waals surface area contributed by atoms with Crippen LogP contribution in [0.1, 0.15) is 26.5 Å². The molecule has 0 radical (unpaired) electrons. The van der Waals surface area contributed by atoms with Gasteiger partial charge in [0, 0.05) is 47.9 Å². The number of ether oxygens (including phenoxy) is 2. The lowest BCUT2D eigenvalue weighted by Crippen LogP contribution is -2.21. The summed E-state index contributed by atoms with van der Waals surface area (Å²) in [5.74, 6) is 1.32. The summed E-state index contributed by atoms with van der Waals surface area (Å²) in [6.45, 7) is 6.22. The molecule has 3 rings (SSSR count). The van der Waals surface area contributed by atoms with E-state index < -0.39 is 0 Å². The summed E-state index contributed by atoms with van der Waals surface area (Å²) >= 11 is 0. The van der Waals surface area contributed by atoms with Crippen LogP contribution in [-0.4, -0.2) is 48.7 Å². The van der Waals surface area contributed by atoms with Crippen molar-refractivity contribution in [1.29, 1.82) is 5.41 Å². The molecule has 1 heterocycles. The number of nitrogens with one attached hydrogen (secondary N) is 1. The SMILES string of the molecule is C/C=C(\C=N)c1cnc2ccc(N(CCO)c3cc(OC)cc(OC)c3)cc2n1.CC. The summed E-state index contributed by atoms with van der Waals surface area (Å²) in [4.78, 5) is 11.1. The molecule has 0 aliphatic rings. The lowest BCUT2D eigenvalue weighted by molar-refractivity contribution is 0.305. The quantitative estimate of drug-likeness (QED) is 0.504. The fourth-order valence-corrected chi connectivity index (χ4v) is 3.07. The third-order valence-electron chi connectivity index (χ3n) is 4.57. The van der Waals surface area contributed by atoms with Crippen LogP contribution >= 0.6 is 0 Å². The van der Waals surface area contributed by atoms with Gasteiger partial charge in [-0.25, -0.2) is 4.98 Å². The van der Waals surface area contributed by atoms with Crippen molar-refractivity contribution >= 4 is 34.2 Å². The van der Waals surface area contributed by atoms with Crippen molar-refractivity contribution in [2.75, 3.05) is 32.3 Å². The molecule has 0 atom stereocenters. The first-order valence-corrected chi connectivity index (χ1v) is 10.2. The van der Waals surface area contributed by atoms with Crippen molar-refractivity contribution in [3.63, 3.8) is 0 Å². The first-order valence-electron chi connectivity index (χ1n) is 10.2. The molecule has 0 aliphatic heterocycles. The predicted molar refractivity (Wildman–Crippen MR) is 127 cm³/mol. The van der Waals surface area contributed by atoms with Crippen molar-refractivity contribution in [3.8, 4) is 11.5 Å².